The Morgan fingerprint density at radius 1 is 1.20 bits per heavy atom. The summed E-state index contributed by atoms with van der Waals surface area (Å²) in [6.07, 6.45) is 0.934. The second-order valence-corrected chi connectivity index (χ2v) is 5.78. The monoisotopic (exact) mass is 306 g/mol. The van der Waals surface area contributed by atoms with Crippen molar-refractivity contribution < 1.29 is 9.53 Å². The van der Waals surface area contributed by atoms with Crippen molar-refractivity contribution in [1.82, 2.24) is 0 Å². The van der Waals surface area contributed by atoms with Gasteiger partial charge in [-0.1, -0.05) is 30.3 Å². The number of rotatable bonds is 4. The van der Waals surface area contributed by atoms with Crippen LogP contribution in [0.5, 0.6) is 0 Å². The Bertz CT molecular complexity index is 608. The van der Waals surface area contributed by atoms with Crippen LogP contribution in [-0.4, -0.2) is 13.1 Å². The summed E-state index contributed by atoms with van der Waals surface area (Å²) in [6.45, 7) is 2.11. The van der Waals surface area contributed by atoms with E-state index in [1.54, 1.807) is 23.9 Å². The lowest BCUT2D eigenvalue weighted by Gasteiger charge is -2.08. The molecular weight excluding hydrogens is 292 g/mol. The van der Waals surface area contributed by atoms with Gasteiger partial charge in [-0.15, -0.1) is 0 Å². The van der Waals surface area contributed by atoms with Crippen molar-refractivity contribution in [2.75, 3.05) is 7.11 Å². The van der Waals surface area contributed by atoms with E-state index in [4.69, 9.17) is 11.6 Å². The van der Waals surface area contributed by atoms with Crippen molar-refractivity contribution in [2.24, 2.45) is 0 Å². The van der Waals surface area contributed by atoms with Crippen LogP contribution in [0.2, 0.25) is 5.02 Å². The number of carbonyl (C=O) groups excluding carboxylic acids is 1. The smallest absolute Gasteiger partial charge is 0.337 e. The Morgan fingerprint density at radius 3 is 2.50 bits per heavy atom. The first-order chi connectivity index (χ1) is 9.63. The summed E-state index contributed by atoms with van der Waals surface area (Å²) in [5.41, 5.74) is 1.78. The standard InChI is InChI=1S/C16H15ClO2S/c1-3-11-10-13(17)6-9-15(11)20-14-7-4-12(5-8-14)16(18)19-2/h4-10H,3H2,1-2H3. The summed E-state index contributed by atoms with van der Waals surface area (Å²) >= 11 is 7.67. The average molecular weight is 307 g/mol. The number of methoxy groups -OCH3 is 1. The lowest BCUT2D eigenvalue weighted by atomic mass is 10.2. The molecule has 0 saturated heterocycles. The van der Waals surface area contributed by atoms with Gasteiger partial charge in [0, 0.05) is 14.8 Å². The Hall–Kier alpha value is -1.45. The molecule has 4 heteroatoms. The lowest BCUT2D eigenvalue weighted by molar-refractivity contribution is 0.0600. The molecule has 0 saturated carbocycles. The lowest BCUT2D eigenvalue weighted by Crippen LogP contribution is -2.00. The van der Waals surface area contributed by atoms with Gasteiger partial charge in [0.25, 0.3) is 0 Å². The molecule has 0 aliphatic rings. The molecule has 0 radical (unpaired) electrons. The van der Waals surface area contributed by atoms with Crippen molar-refractivity contribution in [3.05, 3.63) is 58.6 Å². The third-order valence-electron chi connectivity index (χ3n) is 2.91. The summed E-state index contributed by atoms with van der Waals surface area (Å²) in [5.74, 6) is -0.317. The zero-order valence-electron chi connectivity index (χ0n) is 11.4. The number of hydrogen-bond acceptors (Lipinski definition) is 3. The zero-order valence-corrected chi connectivity index (χ0v) is 12.9. The van der Waals surface area contributed by atoms with Crippen molar-refractivity contribution in [1.29, 1.82) is 0 Å². The number of hydrogen-bond donors (Lipinski definition) is 0. The summed E-state index contributed by atoms with van der Waals surface area (Å²) in [4.78, 5) is 13.6. The summed E-state index contributed by atoms with van der Waals surface area (Å²) in [7, 11) is 1.38. The highest BCUT2D eigenvalue weighted by Crippen LogP contribution is 2.32. The topological polar surface area (TPSA) is 26.3 Å². The van der Waals surface area contributed by atoms with Gasteiger partial charge in [0.05, 0.1) is 12.7 Å². The van der Waals surface area contributed by atoms with Crippen molar-refractivity contribution in [3.8, 4) is 0 Å². The molecule has 0 atom stereocenters. The van der Waals surface area contributed by atoms with Gasteiger partial charge in [-0.25, -0.2) is 4.79 Å². The molecule has 2 nitrogen and oxygen atoms in total. The Morgan fingerprint density at radius 2 is 1.90 bits per heavy atom. The first-order valence-electron chi connectivity index (χ1n) is 6.28. The maximum Gasteiger partial charge on any atom is 0.337 e. The van der Waals surface area contributed by atoms with Crippen LogP contribution in [0.4, 0.5) is 0 Å². The van der Waals surface area contributed by atoms with Crippen LogP contribution in [0.15, 0.2) is 52.3 Å². The van der Waals surface area contributed by atoms with Crippen LogP contribution in [0.25, 0.3) is 0 Å². The van der Waals surface area contributed by atoms with Crippen LogP contribution in [-0.2, 0) is 11.2 Å². The molecular formula is C16H15ClO2S. The molecule has 0 N–H and O–H groups in total. The molecule has 0 aliphatic heterocycles. The number of halogens is 1. The SMILES string of the molecule is CCc1cc(Cl)ccc1Sc1ccc(C(=O)OC)cc1. The highest BCUT2D eigenvalue weighted by molar-refractivity contribution is 7.99. The Balaban J connectivity index is 2.20. The molecule has 0 bridgehead atoms. The zero-order chi connectivity index (χ0) is 14.5. The quantitative estimate of drug-likeness (QED) is 0.756. The minimum Gasteiger partial charge on any atom is -0.465 e. The molecule has 0 unspecified atom stereocenters. The van der Waals surface area contributed by atoms with Crippen molar-refractivity contribution in [3.63, 3.8) is 0 Å². The predicted octanol–water partition coefficient (Wildman–Crippen LogP) is 4.84. The Labute approximate surface area is 128 Å². The number of benzene rings is 2. The first kappa shape index (κ1) is 14.9. The molecule has 0 heterocycles. The maximum atomic E-state index is 11.4. The molecule has 2 aromatic rings. The molecule has 2 rings (SSSR count). The van der Waals surface area contributed by atoms with E-state index in [2.05, 4.69) is 11.7 Å². The van der Waals surface area contributed by atoms with E-state index in [-0.39, 0.29) is 5.97 Å². The minimum atomic E-state index is -0.317. The van der Waals surface area contributed by atoms with Crippen LogP contribution in [0, 0.1) is 0 Å². The number of esters is 1. The first-order valence-corrected chi connectivity index (χ1v) is 7.48. The van der Waals surface area contributed by atoms with Gasteiger partial charge in [-0.2, -0.15) is 0 Å². The number of ether oxygens (including phenoxy) is 1. The van der Waals surface area contributed by atoms with E-state index in [1.807, 2.05) is 30.3 Å². The predicted molar refractivity (Wildman–Crippen MR) is 82.7 cm³/mol. The van der Waals surface area contributed by atoms with Gasteiger partial charge in [-0.05, 0) is 54.4 Å². The van der Waals surface area contributed by atoms with Crippen LogP contribution in [0.3, 0.4) is 0 Å². The Kier molecular flexibility index (Phi) is 5.10. The molecule has 104 valence electrons. The second kappa shape index (κ2) is 6.82. The highest BCUT2D eigenvalue weighted by atomic mass is 35.5. The highest BCUT2D eigenvalue weighted by Gasteiger charge is 2.07. The van der Waals surface area contributed by atoms with E-state index >= 15 is 0 Å². The largest absolute Gasteiger partial charge is 0.465 e. The van der Waals surface area contributed by atoms with Gasteiger partial charge in [0.2, 0.25) is 0 Å². The van der Waals surface area contributed by atoms with E-state index in [0.717, 1.165) is 16.3 Å². The molecule has 20 heavy (non-hydrogen) atoms. The maximum absolute atomic E-state index is 11.4. The summed E-state index contributed by atoms with van der Waals surface area (Å²) in [6, 6.07) is 13.3. The van der Waals surface area contributed by atoms with E-state index in [1.165, 1.54) is 17.6 Å². The summed E-state index contributed by atoms with van der Waals surface area (Å²) in [5, 5.41) is 0.757. The van der Waals surface area contributed by atoms with E-state index in [9.17, 15) is 4.79 Å². The van der Waals surface area contributed by atoms with Crippen LogP contribution < -0.4 is 0 Å². The average Bonchev–Trinajstić information content (AvgIpc) is 2.49. The van der Waals surface area contributed by atoms with Gasteiger partial charge in [0.1, 0.15) is 0 Å². The van der Waals surface area contributed by atoms with Gasteiger partial charge in [-0.3, -0.25) is 0 Å². The van der Waals surface area contributed by atoms with Gasteiger partial charge >= 0.3 is 5.97 Å². The van der Waals surface area contributed by atoms with Crippen molar-refractivity contribution in [2.45, 2.75) is 23.1 Å². The number of aryl methyl sites for hydroxylation is 1. The van der Waals surface area contributed by atoms with E-state index < -0.39 is 0 Å². The van der Waals surface area contributed by atoms with Gasteiger partial charge < -0.3 is 4.74 Å². The van der Waals surface area contributed by atoms with Gasteiger partial charge in [0.15, 0.2) is 0 Å². The van der Waals surface area contributed by atoms with Crippen molar-refractivity contribution >= 4 is 29.3 Å². The molecule has 0 amide bonds. The fraction of sp³-hybridized carbons (Fsp3) is 0.188. The summed E-state index contributed by atoms with van der Waals surface area (Å²) < 4.78 is 4.68. The fourth-order valence-corrected chi connectivity index (χ4v) is 3.02. The number of carbonyl (C=O) groups is 1. The fourth-order valence-electron chi connectivity index (χ4n) is 1.83. The van der Waals surface area contributed by atoms with E-state index in [0.29, 0.717) is 5.56 Å². The molecule has 0 aliphatic carbocycles. The third-order valence-corrected chi connectivity index (χ3v) is 4.27. The molecule has 0 fully saturated rings. The molecule has 2 aromatic carbocycles. The van der Waals surface area contributed by atoms with Crippen LogP contribution >= 0.6 is 23.4 Å². The normalized spacial score (nSPS) is 10.3. The molecule has 0 aromatic heterocycles. The van der Waals surface area contributed by atoms with Crippen LogP contribution in [0.1, 0.15) is 22.8 Å². The third kappa shape index (κ3) is 3.56. The molecule has 0 spiro atoms. The minimum absolute atomic E-state index is 0.317. The second-order valence-electron chi connectivity index (χ2n) is 4.22.